The van der Waals surface area contributed by atoms with Gasteiger partial charge in [-0.05, 0) is 38.0 Å². The van der Waals surface area contributed by atoms with Crippen molar-refractivity contribution < 1.29 is 4.74 Å². The van der Waals surface area contributed by atoms with Crippen molar-refractivity contribution in [2.75, 3.05) is 0 Å². The van der Waals surface area contributed by atoms with Crippen molar-refractivity contribution >= 4 is 0 Å². The van der Waals surface area contributed by atoms with Crippen molar-refractivity contribution in [3.63, 3.8) is 0 Å². The van der Waals surface area contributed by atoms with E-state index in [1.54, 1.807) is 0 Å². The molecule has 5 unspecified atom stereocenters. The van der Waals surface area contributed by atoms with Crippen LogP contribution in [0.3, 0.4) is 0 Å². The second kappa shape index (κ2) is 2.96. The number of nitrogens with two attached hydrogens (primary N) is 1. The smallest absolute Gasteiger partial charge is 0.0626 e. The van der Waals surface area contributed by atoms with Crippen LogP contribution in [0.4, 0.5) is 0 Å². The van der Waals surface area contributed by atoms with Crippen LogP contribution in [0.1, 0.15) is 45.4 Å². The summed E-state index contributed by atoms with van der Waals surface area (Å²) in [7, 11) is 0. The third-order valence-corrected chi connectivity index (χ3v) is 4.63. The Hall–Kier alpha value is -0.0800. The first-order chi connectivity index (χ1) is 6.74. The largest absolute Gasteiger partial charge is 0.375 e. The summed E-state index contributed by atoms with van der Waals surface area (Å²) in [4.78, 5) is 0. The number of hydrogen-bond donors (Lipinski definition) is 1. The first-order valence-corrected chi connectivity index (χ1v) is 6.18. The summed E-state index contributed by atoms with van der Waals surface area (Å²) in [6.45, 7) is 2.26. The van der Waals surface area contributed by atoms with Gasteiger partial charge in [-0.25, -0.2) is 0 Å². The molecule has 2 heterocycles. The molecule has 0 amide bonds. The van der Waals surface area contributed by atoms with Crippen molar-refractivity contribution in [3.05, 3.63) is 0 Å². The van der Waals surface area contributed by atoms with Gasteiger partial charge in [-0.15, -0.1) is 0 Å². The van der Waals surface area contributed by atoms with Crippen molar-refractivity contribution in [1.82, 2.24) is 0 Å². The molecule has 3 fully saturated rings. The first-order valence-electron chi connectivity index (χ1n) is 6.18. The van der Waals surface area contributed by atoms with Crippen LogP contribution >= 0.6 is 0 Å². The predicted octanol–water partition coefficient (Wildman–Crippen LogP) is 2.07. The van der Waals surface area contributed by atoms with Gasteiger partial charge >= 0.3 is 0 Å². The van der Waals surface area contributed by atoms with Gasteiger partial charge in [0.05, 0.1) is 12.2 Å². The minimum absolute atomic E-state index is 0.176. The van der Waals surface area contributed by atoms with E-state index < -0.39 is 0 Å². The Bertz CT molecular complexity index is 242. The van der Waals surface area contributed by atoms with Gasteiger partial charge in [0, 0.05) is 11.5 Å². The molecule has 2 N–H and O–H groups in total. The summed E-state index contributed by atoms with van der Waals surface area (Å²) in [6, 6.07) is 0. The molecule has 2 nitrogen and oxygen atoms in total. The number of ether oxygens (including phenoxy) is 1. The minimum atomic E-state index is 0.176. The molecule has 2 bridgehead atoms. The van der Waals surface area contributed by atoms with E-state index in [1.807, 2.05) is 0 Å². The normalized spacial score (nSPS) is 55.3. The maximum atomic E-state index is 6.49. The van der Waals surface area contributed by atoms with E-state index in [4.69, 9.17) is 10.5 Å². The number of rotatable bonds is 3. The molecular formula is C12H21NO. The van der Waals surface area contributed by atoms with E-state index in [1.165, 1.54) is 38.5 Å². The molecule has 0 aromatic carbocycles. The molecule has 0 spiro atoms. The quantitative estimate of drug-likeness (QED) is 0.748. The lowest BCUT2D eigenvalue weighted by molar-refractivity contribution is 0.0853. The molecule has 1 saturated carbocycles. The SMILES string of the molecule is CCCC1CC1(N)C1CC2CCC1O2. The lowest BCUT2D eigenvalue weighted by Crippen LogP contribution is -2.40. The number of fused-ring (bicyclic) bond motifs is 2. The van der Waals surface area contributed by atoms with Gasteiger partial charge in [0.2, 0.25) is 0 Å². The first kappa shape index (κ1) is 9.17. The summed E-state index contributed by atoms with van der Waals surface area (Å²) in [5.41, 5.74) is 6.67. The highest BCUT2D eigenvalue weighted by molar-refractivity contribution is 5.16. The Kier molecular flexibility index (Phi) is 1.94. The standard InChI is InChI=1S/C12H21NO/c1-2-3-8-7-12(8,13)10-6-9-4-5-11(10)14-9/h8-11H,2-7,13H2,1H3. The van der Waals surface area contributed by atoms with Gasteiger partial charge in [0.25, 0.3) is 0 Å². The van der Waals surface area contributed by atoms with Crippen LogP contribution in [0, 0.1) is 11.8 Å². The molecular weight excluding hydrogens is 174 g/mol. The fraction of sp³-hybridized carbons (Fsp3) is 1.00. The van der Waals surface area contributed by atoms with Crippen molar-refractivity contribution in [3.8, 4) is 0 Å². The van der Waals surface area contributed by atoms with Crippen LogP contribution in [0.25, 0.3) is 0 Å². The molecule has 3 aliphatic rings. The summed E-state index contributed by atoms with van der Waals surface area (Å²) in [5.74, 6) is 1.50. The average Bonchev–Trinajstić information content (AvgIpc) is 2.60. The second-order valence-corrected chi connectivity index (χ2v) is 5.52. The van der Waals surface area contributed by atoms with Crippen LogP contribution in [0.5, 0.6) is 0 Å². The maximum absolute atomic E-state index is 6.49. The van der Waals surface area contributed by atoms with Crippen LogP contribution in [0.15, 0.2) is 0 Å². The van der Waals surface area contributed by atoms with E-state index in [-0.39, 0.29) is 5.54 Å². The van der Waals surface area contributed by atoms with Gasteiger partial charge in [0.15, 0.2) is 0 Å². The van der Waals surface area contributed by atoms with E-state index in [0.717, 1.165) is 5.92 Å². The molecule has 3 rings (SSSR count). The molecule has 0 radical (unpaired) electrons. The Morgan fingerprint density at radius 3 is 2.86 bits per heavy atom. The molecule has 0 aromatic rings. The van der Waals surface area contributed by atoms with Gasteiger partial charge in [-0.2, -0.15) is 0 Å². The Labute approximate surface area is 86.2 Å². The molecule has 1 aliphatic carbocycles. The van der Waals surface area contributed by atoms with Crippen LogP contribution < -0.4 is 5.73 Å². The molecule has 2 aliphatic heterocycles. The maximum Gasteiger partial charge on any atom is 0.0626 e. The third-order valence-electron chi connectivity index (χ3n) is 4.63. The molecule has 2 saturated heterocycles. The van der Waals surface area contributed by atoms with Gasteiger partial charge in [0.1, 0.15) is 0 Å². The van der Waals surface area contributed by atoms with Crippen molar-refractivity contribution in [2.24, 2.45) is 17.6 Å². The molecule has 0 aromatic heterocycles. The topological polar surface area (TPSA) is 35.2 Å². The zero-order valence-electron chi connectivity index (χ0n) is 9.04. The van der Waals surface area contributed by atoms with E-state index in [9.17, 15) is 0 Å². The summed E-state index contributed by atoms with van der Waals surface area (Å²) >= 11 is 0. The molecule has 14 heavy (non-hydrogen) atoms. The fourth-order valence-electron chi connectivity index (χ4n) is 3.74. The van der Waals surface area contributed by atoms with Gasteiger partial charge in [-0.3, -0.25) is 0 Å². The van der Waals surface area contributed by atoms with E-state index in [2.05, 4.69) is 6.92 Å². The van der Waals surface area contributed by atoms with Crippen LogP contribution in [-0.2, 0) is 4.74 Å². The summed E-state index contributed by atoms with van der Waals surface area (Å²) in [5, 5.41) is 0. The number of hydrogen-bond acceptors (Lipinski definition) is 2. The molecule has 5 atom stereocenters. The second-order valence-electron chi connectivity index (χ2n) is 5.52. The lowest BCUT2D eigenvalue weighted by Gasteiger charge is -2.26. The van der Waals surface area contributed by atoms with Crippen LogP contribution in [-0.4, -0.2) is 17.7 Å². The zero-order chi connectivity index (χ0) is 9.76. The van der Waals surface area contributed by atoms with Gasteiger partial charge in [-0.1, -0.05) is 13.3 Å². The highest BCUT2D eigenvalue weighted by Crippen LogP contribution is 2.57. The predicted molar refractivity (Wildman–Crippen MR) is 55.9 cm³/mol. The van der Waals surface area contributed by atoms with E-state index >= 15 is 0 Å². The summed E-state index contributed by atoms with van der Waals surface area (Å²) in [6.07, 6.45) is 8.76. The fourth-order valence-corrected chi connectivity index (χ4v) is 3.74. The Balaban J connectivity index is 1.67. The molecule has 2 heteroatoms. The highest BCUT2D eigenvalue weighted by Gasteiger charge is 2.61. The van der Waals surface area contributed by atoms with Gasteiger partial charge < -0.3 is 10.5 Å². The Morgan fingerprint density at radius 1 is 1.43 bits per heavy atom. The monoisotopic (exact) mass is 195 g/mol. The van der Waals surface area contributed by atoms with E-state index in [0.29, 0.717) is 18.1 Å². The van der Waals surface area contributed by atoms with Crippen molar-refractivity contribution in [2.45, 2.75) is 63.2 Å². The third kappa shape index (κ3) is 1.17. The molecule has 80 valence electrons. The minimum Gasteiger partial charge on any atom is -0.375 e. The zero-order valence-corrected chi connectivity index (χ0v) is 9.04. The summed E-state index contributed by atoms with van der Waals surface area (Å²) < 4.78 is 5.90. The highest BCUT2D eigenvalue weighted by atomic mass is 16.5. The Morgan fingerprint density at radius 2 is 2.29 bits per heavy atom. The van der Waals surface area contributed by atoms with Crippen molar-refractivity contribution in [1.29, 1.82) is 0 Å². The average molecular weight is 195 g/mol. The lowest BCUT2D eigenvalue weighted by atomic mass is 9.81. The van der Waals surface area contributed by atoms with Crippen LogP contribution in [0.2, 0.25) is 0 Å².